The van der Waals surface area contributed by atoms with Crippen LogP contribution in [0.15, 0.2) is 11.3 Å². The van der Waals surface area contributed by atoms with E-state index in [0.717, 1.165) is 19.3 Å². The molecule has 2 heterocycles. The molecule has 0 aromatic rings. The van der Waals surface area contributed by atoms with Crippen LogP contribution in [-0.4, -0.2) is 48.1 Å². The Morgan fingerprint density at radius 1 is 1.32 bits per heavy atom. The fraction of sp³-hybridized carbons (Fsp3) is 0.722. The molecule has 0 bridgehead atoms. The van der Waals surface area contributed by atoms with Gasteiger partial charge in [0.1, 0.15) is 17.4 Å². The number of methoxy groups -OCH3 is 1. The highest BCUT2D eigenvalue weighted by Gasteiger charge is 2.58. The maximum Gasteiger partial charge on any atom is 0.337 e. The van der Waals surface area contributed by atoms with E-state index in [9.17, 15) is 14.4 Å². The molecule has 7 nitrogen and oxygen atoms in total. The topological polar surface area (TPSA) is 84.9 Å². The molecular weight excluding hydrogens is 324 g/mol. The lowest BCUT2D eigenvalue weighted by Crippen LogP contribution is -2.59. The number of ether oxygens (including phenoxy) is 2. The molecule has 7 heteroatoms. The van der Waals surface area contributed by atoms with Crippen molar-refractivity contribution in [1.82, 2.24) is 10.2 Å². The molecule has 1 aliphatic carbocycles. The van der Waals surface area contributed by atoms with E-state index in [0.29, 0.717) is 17.8 Å². The quantitative estimate of drug-likeness (QED) is 0.621. The summed E-state index contributed by atoms with van der Waals surface area (Å²) in [4.78, 5) is 38.7. The number of hydrogen-bond acceptors (Lipinski definition) is 5. The summed E-state index contributed by atoms with van der Waals surface area (Å²) in [6, 6.07) is -0.363. The lowest BCUT2D eigenvalue weighted by atomic mass is 9.67. The van der Waals surface area contributed by atoms with E-state index < -0.39 is 17.6 Å². The van der Waals surface area contributed by atoms with Crippen molar-refractivity contribution in [3.05, 3.63) is 11.3 Å². The average molecular weight is 350 g/mol. The van der Waals surface area contributed by atoms with E-state index in [1.165, 1.54) is 12.0 Å². The zero-order valence-corrected chi connectivity index (χ0v) is 15.3. The van der Waals surface area contributed by atoms with Crippen molar-refractivity contribution in [2.24, 2.45) is 11.8 Å². The molecule has 3 amide bonds. The smallest absolute Gasteiger partial charge is 0.337 e. The largest absolute Gasteiger partial charge is 0.492 e. The fourth-order valence-electron chi connectivity index (χ4n) is 4.51. The molecule has 1 spiro atoms. The first-order valence-corrected chi connectivity index (χ1v) is 8.90. The lowest BCUT2D eigenvalue weighted by Gasteiger charge is -2.42. The Bertz CT molecular complexity index is 631. The minimum absolute atomic E-state index is 0.104. The van der Waals surface area contributed by atoms with Gasteiger partial charge in [-0.2, -0.15) is 0 Å². The normalized spacial score (nSPS) is 31.4. The third kappa shape index (κ3) is 2.69. The summed E-state index contributed by atoms with van der Waals surface area (Å²) < 4.78 is 10.4. The van der Waals surface area contributed by atoms with Crippen molar-refractivity contribution >= 4 is 17.9 Å². The number of amides is 3. The molecule has 2 aliphatic heterocycles. The Morgan fingerprint density at radius 2 is 1.96 bits per heavy atom. The van der Waals surface area contributed by atoms with Gasteiger partial charge < -0.3 is 14.8 Å². The van der Waals surface area contributed by atoms with E-state index in [4.69, 9.17) is 9.47 Å². The SMILES string of the molecule is COC(=O)C1=C(C)O[C@H](CN2C(=O)NC3(C2=O)[C@H](C)CCC[C@H]3C)C1. The minimum atomic E-state index is -0.804. The number of allylic oxidation sites excluding steroid dienone is 1. The van der Waals surface area contributed by atoms with Crippen molar-refractivity contribution < 1.29 is 23.9 Å². The second kappa shape index (κ2) is 6.35. The van der Waals surface area contributed by atoms with Crippen molar-refractivity contribution in [3.8, 4) is 0 Å². The van der Waals surface area contributed by atoms with Crippen LogP contribution in [0.25, 0.3) is 0 Å². The summed E-state index contributed by atoms with van der Waals surface area (Å²) in [6.45, 7) is 5.91. The highest BCUT2D eigenvalue weighted by atomic mass is 16.5. The van der Waals surface area contributed by atoms with Gasteiger partial charge in [0.05, 0.1) is 19.2 Å². The van der Waals surface area contributed by atoms with Gasteiger partial charge in [0.25, 0.3) is 5.91 Å². The first kappa shape index (κ1) is 17.8. The van der Waals surface area contributed by atoms with Crippen LogP contribution < -0.4 is 5.32 Å². The number of carbonyl (C=O) groups is 3. The number of carbonyl (C=O) groups excluding carboxylic acids is 3. The molecule has 138 valence electrons. The van der Waals surface area contributed by atoms with Gasteiger partial charge in [0, 0.05) is 6.42 Å². The number of imide groups is 1. The molecular formula is C18H26N2O5. The van der Waals surface area contributed by atoms with E-state index in [-0.39, 0.29) is 30.3 Å². The molecule has 3 aliphatic rings. The summed E-state index contributed by atoms with van der Waals surface area (Å²) in [5, 5.41) is 2.98. The van der Waals surface area contributed by atoms with Crippen molar-refractivity contribution in [3.63, 3.8) is 0 Å². The third-order valence-corrected chi connectivity index (χ3v) is 6.01. The molecule has 0 aromatic carbocycles. The Kier molecular flexibility index (Phi) is 4.51. The Balaban J connectivity index is 1.74. The first-order chi connectivity index (χ1) is 11.8. The molecule has 0 unspecified atom stereocenters. The molecule has 1 saturated heterocycles. The summed E-state index contributed by atoms with van der Waals surface area (Å²) in [5.74, 6) is 0.117. The van der Waals surface area contributed by atoms with Crippen molar-refractivity contribution in [2.45, 2.75) is 58.1 Å². The van der Waals surface area contributed by atoms with Crippen LogP contribution in [0.1, 0.15) is 46.5 Å². The monoisotopic (exact) mass is 350 g/mol. The minimum Gasteiger partial charge on any atom is -0.492 e. The number of nitrogens with one attached hydrogen (secondary N) is 1. The van der Waals surface area contributed by atoms with E-state index in [2.05, 4.69) is 5.32 Å². The zero-order chi connectivity index (χ0) is 18.4. The molecule has 0 aromatic heterocycles. The van der Waals surface area contributed by atoms with E-state index in [1.807, 2.05) is 13.8 Å². The number of hydrogen-bond donors (Lipinski definition) is 1. The second-order valence-electron chi connectivity index (χ2n) is 7.42. The van der Waals surface area contributed by atoms with Crippen LogP contribution in [0, 0.1) is 11.8 Å². The van der Waals surface area contributed by atoms with Crippen LogP contribution in [0.4, 0.5) is 4.79 Å². The van der Waals surface area contributed by atoms with Crippen molar-refractivity contribution in [1.29, 1.82) is 0 Å². The number of urea groups is 1. The molecule has 1 saturated carbocycles. The van der Waals surface area contributed by atoms with Gasteiger partial charge in [-0.1, -0.05) is 20.3 Å². The average Bonchev–Trinajstić information content (AvgIpc) is 3.05. The summed E-state index contributed by atoms with van der Waals surface area (Å²) in [7, 11) is 1.32. The van der Waals surface area contributed by atoms with Gasteiger partial charge >= 0.3 is 12.0 Å². The van der Waals surface area contributed by atoms with Crippen molar-refractivity contribution in [2.75, 3.05) is 13.7 Å². The maximum absolute atomic E-state index is 13.1. The number of rotatable bonds is 3. The van der Waals surface area contributed by atoms with E-state index in [1.54, 1.807) is 6.92 Å². The molecule has 2 fully saturated rings. The summed E-state index contributed by atoms with van der Waals surface area (Å²) in [5.41, 5.74) is -0.338. The van der Waals surface area contributed by atoms with Crippen LogP contribution in [0.3, 0.4) is 0 Å². The molecule has 3 rings (SSSR count). The van der Waals surface area contributed by atoms with Gasteiger partial charge in [0.2, 0.25) is 0 Å². The summed E-state index contributed by atoms with van der Waals surface area (Å²) >= 11 is 0. The molecule has 3 atom stereocenters. The predicted octanol–water partition coefficient (Wildman–Crippen LogP) is 1.97. The highest BCUT2D eigenvalue weighted by molar-refractivity contribution is 6.07. The molecule has 1 N–H and O–H groups in total. The van der Waals surface area contributed by atoms with Gasteiger partial charge in [-0.3, -0.25) is 9.69 Å². The Hall–Kier alpha value is -2.05. The van der Waals surface area contributed by atoms with Crippen LogP contribution in [0.5, 0.6) is 0 Å². The van der Waals surface area contributed by atoms with Gasteiger partial charge in [0.15, 0.2) is 0 Å². The van der Waals surface area contributed by atoms with Gasteiger partial charge in [-0.15, -0.1) is 0 Å². The van der Waals surface area contributed by atoms with Gasteiger partial charge in [-0.05, 0) is 31.6 Å². The predicted molar refractivity (Wildman–Crippen MR) is 89.4 cm³/mol. The maximum atomic E-state index is 13.1. The standard InChI is InChI=1S/C18H26N2O5/c1-10-6-5-7-11(2)18(10)16(22)20(17(23)19-18)9-13-8-14(12(3)25-13)15(21)24-4/h10-11,13H,5-9H2,1-4H3,(H,19,23)/t10-,11-,13+/m1/s1. The number of nitrogens with zero attached hydrogens (tertiary/aromatic N) is 1. The zero-order valence-electron chi connectivity index (χ0n) is 15.3. The Labute approximate surface area is 147 Å². The fourth-order valence-corrected chi connectivity index (χ4v) is 4.51. The Morgan fingerprint density at radius 3 is 2.56 bits per heavy atom. The second-order valence-corrected chi connectivity index (χ2v) is 7.42. The van der Waals surface area contributed by atoms with Crippen LogP contribution in [-0.2, 0) is 19.1 Å². The summed E-state index contributed by atoms with van der Waals surface area (Å²) in [6.07, 6.45) is 2.86. The first-order valence-electron chi connectivity index (χ1n) is 8.90. The van der Waals surface area contributed by atoms with Crippen LogP contribution >= 0.6 is 0 Å². The van der Waals surface area contributed by atoms with E-state index >= 15 is 0 Å². The number of esters is 1. The molecule has 0 radical (unpaired) electrons. The molecule has 25 heavy (non-hydrogen) atoms. The highest BCUT2D eigenvalue weighted by Crippen LogP contribution is 2.42. The third-order valence-electron chi connectivity index (χ3n) is 6.01. The lowest BCUT2D eigenvalue weighted by molar-refractivity contribution is -0.137. The van der Waals surface area contributed by atoms with Gasteiger partial charge in [-0.25, -0.2) is 9.59 Å². The van der Waals surface area contributed by atoms with Crippen LogP contribution in [0.2, 0.25) is 0 Å².